The highest BCUT2D eigenvalue weighted by Gasteiger charge is 2.17. The number of carbonyl (C=O) groups is 5. The van der Waals surface area contributed by atoms with Gasteiger partial charge in [0.25, 0.3) is 5.97 Å². The summed E-state index contributed by atoms with van der Waals surface area (Å²) in [6.07, 6.45) is 0. The average molecular weight is 386 g/mol. The smallest absolute Gasteiger partial charge is 0.317 e. The number of carboxylic acids is 5. The molecule has 0 spiro atoms. The predicted molar refractivity (Wildman–Crippen MR) is 86.8 cm³/mol. The second kappa shape index (κ2) is 17.0. The van der Waals surface area contributed by atoms with Crippen LogP contribution in [0.3, 0.4) is 0 Å². The molecule has 0 saturated carbocycles. The van der Waals surface area contributed by atoms with Gasteiger partial charge in [-0.1, -0.05) is 0 Å². The molecule has 14 nitrogen and oxygen atoms in total. The van der Waals surface area contributed by atoms with E-state index >= 15 is 0 Å². The molecule has 0 saturated heterocycles. The zero-order valence-electron chi connectivity index (χ0n) is 14.3. The van der Waals surface area contributed by atoms with Gasteiger partial charge in [-0.05, 0) is 0 Å². The zero-order valence-corrected chi connectivity index (χ0v) is 14.3. The molecule has 0 aromatic rings. The Morgan fingerprint density at radius 1 is 0.577 bits per heavy atom. The van der Waals surface area contributed by atoms with Crippen LogP contribution in [-0.4, -0.2) is 104 Å². The van der Waals surface area contributed by atoms with Crippen molar-refractivity contribution in [2.75, 3.05) is 39.3 Å². The van der Waals surface area contributed by atoms with Crippen LogP contribution >= 0.6 is 0 Å². The van der Waals surface area contributed by atoms with E-state index in [1.165, 1.54) is 0 Å². The SMILES string of the molecule is CC(=O)O.N.N.O=C(O)CN(CCN(CC(=O)O)CC(=O)O)CC(=O)O. The topological polar surface area (TPSA) is 263 Å². The van der Waals surface area contributed by atoms with Crippen molar-refractivity contribution < 1.29 is 49.5 Å². The lowest BCUT2D eigenvalue weighted by Gasteiger charge is -2.23. The van der Waals surface area contributed by atoms with Gasteiger partial charge in [-0.2, -0.15) is 0 Å². The van der Waals surface area contributed by atoms with Crippen LogP contribution in [0.15, 0.2) is 0 Å². The lowest BCUT2D eigenvalue weighted by molar-refractivity contribution is -0.145. The van der Waals surface area contributed by atoms with Crippen molar-refractivity contribution >= 4 is 29.8 Å². The van der Waals surface area contributed by atoms with Crippen LogP contribution in [-0.2, 0) is 24.0 Å². The van der Waals surface area contributed by atoms with Crippen LogP contribution < -0.4 is 12.3 Å². The molecule has 0 atom stereocenters. The van der Waals surface area contributed by atoms with Crippen molar-refractivity contribution in [1.29, 1.82) is 0 Å². The maximum atomic E-state index is 10.6. The van der Waals surface area contributed by atoms with Crippen LogP contribution in [0.5, 0.6) is 0 Å². The summed E-state index contributed by atoms with van der Waals surface area (Å²) in [5.74, 6) is -5.74. The molecule has 0 aliphatic rings. The van der Waals surface area contributed by atoms with E-state index < -0.39 is 56.0 Å². The minimum Gasteiger partial charge on any atom is -0.481 e. The van der Waals surface area contributed by atoms with Crippen molar-refractivity contribution in [3.05, 3.63) is 0 Å². The summed E-state index contributed by atoms with van der Waals surface area (Å²) in [4.78, 5) is 53.4. The van der Waals surface area contributed by atoms with Crippen LogP contribution in [0.25, 0.3) is 0 Å². The summed E-state index contributed by atoms with van der Waals surface area (Å²) < 4.78 is 0. The molecule has 0 aliphatic heterocycles. The Hall–Kier alpha value is -2.81. The van der Waals surface area contributed by atoms with Gasteiger partial charge in [0.05, 0.1) is 26.2 Å². The Kier molecular flexibility index (Phi) is 20.3. The minimum absolute atomic E-state index is 0. The van der Waals surface area contributed by atoms with Crippen molar-refractivity contribution in [3.63, 3.8) is 0 Å². The average Bonchev–Trinajstić information content (AvgIpc) is 2.32. The summed E-state index contributed by atoms with van der Waals surface area (Å²) in [5, 5.41) is 41.9. The molecule has 0 heterocycles. The molecule has 26 heavy (non-hydrogen) atoms. The normalized spacial score (nSPS) is 9.19. The third-order valence-electron chi connectivity index (χ3n) is 2.17. The third kappa shape index (κ3) is 26.1. The van der Waals surface area contributed by atoms with Crippen LogP contribution in [0.4, 0.5) is 0 Å². The molecule has 0 aliphatic carbocycles. The minimum atomic E-state index is -1.23. The first kappa shape index (κ1) is 31.0. The highest BCUT2D eigenvalue weighted by molar-refractivity contribution is 5.73. The van der Waals surface area contributed by atoms with Gasteiger partial charge < -0.3 is 37.8 Å². The van der Waals surface area contributed by atoms with E-state index in [0.29, 0.717) is 0 Å². The van der Waals surface area contributed by atoms with E-state index in [1.807, 2.05) is 0 Å². The lowest BCUT2D eigenvalue weighted by atomic mass is 10.4. The number of carboxylic acid groups (broad SMARTS) is 5. The van der Waals surface area contributed by atoms with E-state index in [9.17, 15) is 19.2 Å². The monoisotopic (exact) mass is 386 g/mol. The summed E-state index contributed by atoms with van der Waals surface area (Å²) in [5.41, 5.74) is 0. The molecule has 14 heteroatoms. The summed E-state index contributed by atoms with van der Waals surface area (Å²) >= 11 is 0. The number of hydrogen-bond acceptors (Lipinski definition) is 9. The molecule has 0 aromatic carbocycles. The molecule has 0 aromatic heterocycles. The van der Waals surface area contributed by atoms with Crippen molar-refractivity contribution in [2.45, 2.75) is 6.92 Å². The maximum Gasteiger partial charge on any atom is 0.317 e. The zero-order chi connectivity index (χ0) is 19.3. The Morgan fingerprint density at radius 2 is 0.731 bits per heavy atom. The fraction of sp³-hybridized carbons (Fsp3) is 0.583. The molecule has 0 unspecified atom stereocenters. The predicted octanol–water partition coefficient (Wildman–Crippen LogP) is -1.66. The van der Waals surface area contributed by atoms with Crippen molar-refractivity contribution in [2.24, 2.45) is 0 Å². The van der Waals surface area contributed by atoms with Crippen LogP contribution in [0, 0.1) is 0 Å². The third-order valence-corrected chi connectivity index (χ3v) is 2.17. The lowest BCUT2D eigenvalue weighted by Crippen LogP contribution is -2.43. The van der Waals surface area contributed by atoms with Crippen LogP contribution in [0.2, 0.25) is 0 Å². The van der Waals surface area contributed by atoms with E-state index in [2.05, 4.69) is 0 Å². The maximum absolute atomic E-state index is 10.6. The van der Waals surface area contributed by atoms with Crippen molar-refractivity contribution in [3.8, 4) is 0 Å². The van der Waals surface area contributed by atoms with Gasteiger partial charge >= 0.3 is 23.9 Å². The fourth-order valence-corrected chi connectivity index (χ4v) is 1.48. The van der Waals surface area contributed by atoms with Crippen LogP contribution in [0.1, 0.15) is 6.92 Å². The van der Waals surface area contributed by atoms with Gasteiger partial charge in [0, 0.05) is 20.0 Å². The highest BCUT2D eigenvalue weighted by atomic mass is 16.4. The van der Waals surface area contributed by atoms with Gasteiger partial charge in [0.15, 0.2) is 0 Å². The molecule has 11 N–H and O–H groups in total. The van der Waals surface area contributed by atoms with E-state index in [-0.39, 0.29) is 25.4 Å². The Morgan fingerprint density at radius 3 is 0.846 bits per heavy atom. The first-order valence-corrected chi connectivity index (χ1v) is 6.45. The highest BCUT2D eigenvalue weighted by Crippen LogP contribution is 1.94. The Balaban J connectivity index is -0.000000363. The second-order valence-corrected chi connectivity index (χ2v) is 4.52. The first-order chi connectivity index (χ1) is 10.9. The Labute approximate surface area is 148 Å². The number of hydrogen-bond donors (Lipinski definition) is 7. The number of nitrogens with zero attached hydrogens (tertiary/aromatic N) is 2. The standard InChI is InChI=1S/C10H16N2O8.C2H4O2.2H3N/c13-7(14)3-11(4-8(15)16)1-2-12(5-9(17)18)6-10(19)20;1-2(3)4;;/h1-6H2,(H,13,14)(H,15,16)(H,17,18)(H,19,20);1H3,(H,3,4);2*1H3. The van der Waals surface area contributed by atoms with Gasteiger partial charge in [0.1, 0.15) is 0 Å². The van der Waals surface area contributed by atoms with Gasteiger partial charge in [-0.15, -0.1) is 0 Å². The Bertz CT molecular complexity index is 399. The van der Waals surface area contributed by atoms with Gasteiger partial charge in [-0.25, -0.2) is 0 Å². The van der Waals surface area contributed by atoms with E-state index in [1.54, 1.807) is 0 Å². The molecule has 0 bridgehead atoms. The number of aliphatic carboxylic acids is 5. The van der Waals surface area contributed by atoms with Gasteiger partial charge in [-0.3, -0.25) is 33.8 Å². The first-order valence-electron chi connectivity index (χ1n) is 6.45. The van der Waals surface area contributed by atoms with Gasteiger partial charge in [0.2, 0.25) is 0 Å². The van der Waals surface area contributed by atoms with Crippen molar-refractivity contribution in [1.82, 2.24) is 22.1 Å². The quantitative estimate of drug-likeness (QED) is 0.209. The molecule has 0 amide bonds. The molecule has 0 radical (unpaired) electrons. The summed E-state index contributed by atoms with van der Waals surface area (Å²) in [7, 11) is 0. The molecular weight excluding hydrogens is 360 g/mol. The largest absolute Gasteiger partial charge is 0.481 e. The summed E-state index contributed by atoms with van der Waals surface area (Å²) in [6, 6.07) is 0. The van der Waals surface area contributed by atoms with E-state index in [0.717, 1.165) is 16.7 Å². The fourth-order valence-electron chi connectivity index (χ4n) is 1.48. The second-order valence-electron chi connectivity index (χ2n) is 4.52. The molecule has 154 valence electrons. The van der Waals surface area contributed by atoms with E-state index in [4.69, 9.17) is 30.3 Å². The molecule has 0 rings (SSSR count). The number of rotatable bonds is 11. The molecular formula is C12H26N4O10. The summed E-state index contributed by atoms with van der Waals surface area (Å²) in [6.45, 7) is -1.17. The molecule has 0 fully saturated rings.